The first-order chi connectivity index (χ1) is 9.46. The molecule has 1 aromatic rings. The fourth-order valence-corrected chi connectivity index (χ4v) is 2.97. The Balaban J connectivity index is 1.75. The van der Waals surface area contributed by atoms with Crippen LogP contribution in [0, 0.1) is 5.41 Å². The van der Waals surface area contributed by atoms with Crippen molar-refractivity contribution < 1.29 is 4.79 Å². The summed E-state index contributed by atoms with van der Waals surface area (Å²) in [6.45, 7) is 4.52. The van der Waals surface area contributed by atoms with Gasteiger partial charge < -0.3 is 11.1 Å². The minimum atomic E-state index is -0.404. The molecule has 0 spiro atoms. The summed E-state index contributed by atoms with van der Waals surface area (Å²) < 4.78 is 0. The normalized spacial score (nSPS) is 22.4. The van der Waals surface area contributed by atoms with Crippen LogP contribution in [0.3, 0.4) is 0 Å². The van der Waals surface area contributed by atoms with E-state index in [1.54, 1.807) is 0 Å². The number of hydrogen-bond acceptors (Lipinski definition) is 2. The quantitative estimate of drug-likeness (QED) is 0.867. The number of nitrogens with two attached hydrogens (primary N) is 1. The second-order valence-electron chi connectivity index (χ2n) is 6.74. The number of nitrogens with one attached hydrogen (secondary N) is 1. The second-order valence-corrected chi connectivity index (χ2v) is 6.74. The molecular formula is C17H26N2O. The minimum absolute atomic E-state index is 0.00336. The van der Waals surface area contributed by atoms with E-state index in [1.165, 1.54) is 12.0 Å². The van der Waals surface area contributed by atoms with Crippen molar-refractivity contribution in [2.75, 3.05) is 0 Å². The molecule has 0 radical (unpaired) electrons. The largest absolute Gasteiger partial charge is 0.352 e. The van der Waals surface area contributed by atoms with E-state index >= 15 is 0 Å². The number of hydrogen-bond donors (Lipinski definition) is 2. The summed E-state index contributed by atoms with van der Waals surface area (Å²) in [5.41, 5.74) is 7.59. The molecule has 2 rings (SSSR count). The first-order valence-electron chi connectivity index (χ1n) is 7.56. The Hall–Kier alpha value is -1.35. The lowest BCUT2D eigenvalue weighted by Crippen LogP contribution is -2.45. The van der Waals surface area contributed by atoms with Gasteiger partial charge in [-0.1, -0.05) is 44.2 Å². The Morgan fingerprint density at radius 1 is 1.40 bits per heavy atom. The van der Waals surface area contributed by atoms with E-state index < -0.39 is 6.04 Å². The molecule has 0 bridgehead atoms. The molecule has 3 N–H and O–H groups in total. The Kier molecular flexibility index (Phi) is 4.81. The Bertz CT molecular complexity index is 442. The average molecular weight is 274 g/mol. The van der Waals surface area contributed by atoms with Crippen LogP contribution in [0.1, 0.15) is 45.1 Å². The Morgan fingerprint density at radius 2 is 2.10 bits per heavy atom. The second kappa shape index (κ2) is 6.40. The minimum Gasteiger partial charge on any atom is -0.352 e. The maximum Gasteiger partial charge on any atom is 0.237 e. The SMILES string of the molecule is CC1(C)CCC(NC(=O)[C@@H](N)CCc2ccccc2)C1. The van der Waals surface area contributed by atoms with E-state index in [1.807, 2.05) is 18.2 Å². The molecule has 0 aliphatic heterocycles. The van der Waals surface area contributed by atoms with E-state index in [0.717, 1.165) is 19.3 Å². The number of carbonyl (C=O) groups is 1. The van der Waals surface area contributed by atoms with Gasteiger partial charge in [-0.05, 0) is 43.1 Å². The van der Waals surface area contributed by atoms with Crippen LogP contribution in [0.25, 0.3) is 0 Å². The first kappa shape index (κ1) is 15.0. The van der Waals surface area contributed by atoms with Crippen LogP contribution in [0.15, 0.2) is 30.3 Å². The van der Waals surface area contributed by atoms with Gasteiger partial charge in [-0.2, -0.15) is 0 Å². The number of carbonyl (C=O) groups excluding carboxylic acids is 1. The zero-order valence-corrected chi connectivity index (χ0v) is 12.6. The molecule has 1 amide bonds. The van der Waals surface area contributed by atoms with Crippen molar-refractivity contribution in [1.82, 2.24) is 5.32 Å². The molecule has 3 heteroatoms. The molecule has 1 aromatic carbocycles. The highest BCUT2D eigenvalue weighted by molar-refractivity contribution is 5.81. The van der Waals surface area contributed by atoms with Crippen LogP contribution in [0.2, 0.25) is 0 Å². The van der Waals surface area contributed by atoms with Crippen LogP contribution in [0.4, 0.5) is 0 Å². The van der Waals surface area contributed by atoms with Crippen molar-refractivity contribution in [3.8, 4) is 0 Å². The maximum atomic E-state index is 12.1. The zero-order valence-electron chi connectivity index (χ0n) is 12.6. The molecule has 1 aliphatic rings. The standard InChI is InChI=1S/C17H26N2O/c1-17(2)11-10-14(12-17)19-16(20)15(18)9-8-13-6-4-3-5-7-13/h3-7,14-15H,8-12,18H2,1-2H3,(H,19,20)/t14?,15-/m0/s1. The van der Waals surface area contributed by atoms with Crippen molar-refractivity contribution in [2.45, 2.75) is 58.0 Å². The molecule has 2 atom stereocenters. The summed E-state index contributed by atoms with van der Waals surface area (Å²) >= 11 is 0. The van der Waals surface area contributed by atoms with Gasteiger partial charge in [-0.15, -0.1) is 0 Å². The Labute approximate surface area is 121 Å². The molecule has 20 heavy (non-hydrogen) atoms. The molecule has 0 aromatic heterocycles. The molecule has 3 nitrogen and oxygen atoms in total. The van der Waals surface area contributed by atoms with Crippen LogP contribution < -0.4 is 11.1 Å². The van der Waals surface area contributed by atoms with Gasteiger partial charge in [0, 0.05) is 6.04 Å². The molecular weight excluding hydrogens is 248 g/mol. The fraction of sp³-hybridized carbons (Fsp3) is 0.588. The first-order valence-corrected chi connectivity index (χ1v) is 7.56. The summed E-state index contributed by atoms with van der Waals surface area (Å²) in [4.78, 5) is 12.1. The summed E-state index contributed by atoms with van der Waals surface area (Å²) in [5.74, 6) is 0.00336. The van der Waals surface area contributed by atoms with Gasteiger partial charge in [0.2, 0.25) is 5.91 Å². The van der Waals surface area contributed by atoms with Crippen LogP contribution in [-0.2, 0) is 11.2 Å². The molecule has 1 fully saturated rings. The predicted molar refractivity (Wildman–Crippen MR) is 82.3 cm³/mol. The van der Waals surface area contributed by atoms with Gasteiger partial charge >= 0.3 is 0 Å². The number of benzene rings is 1. The molecule has 0 saturated heterocycles. The summed E-state index contributed by atoms with van der Waals surface area (Å²) in [6, 6.07) is 10.1. The van der Waals surface area contributed by atoms with Crippen molar-refractivity contribution in [3.63, 3.8) is 0 Å². The third-order valence-corrected chi connectivity index (χ3v) is 4.24. The van der Waals surface area contributed by atoms with Crippen molar-refractivity contribution in [1.29, 1.82) is 0 Å². The van der Waals surface area contributed by atoms with Gasteiger partial charge in [0.05, 0.1) is 6.04 Å². The van der Waals surface area contributed by atoms with Gasteiger partial charge in [-0.3, -0.25) is 4.79 Å². The van der Waals surface area contributed by atoms with E-state index in [-0.39, 0.29) is 5.91 Å². The van der Waals surface area contributed by atoms with E-state index in [9.17, 15) is 4.79 Å². The average Bonchev–Trinajstić information content (AvgIpc) is 2.76. The molecule has 1 saturated carbocycles. The van der Waals surface area contributed by atoms with Gasteiger partial charge in [0.1, 0.15) is 0 Å². The lowest BCUT2D eigenvalue weighted by atomic mass is 9.92. The zero-order chi connectivity index (χ0) is 14.6. The van der Waals surface area contributed by atoms with Crippen LogP contribution in [-0.4, -0.2) is 18.0 Å². The molecule has 0 heterocycles. The fourth-order valence-electron chi connectivity index (χ4n) is 2.97. The molecule has 1 unspecified atom stereocenters. The van der Waals surface area contributed by atoms with E-state index in [2.05, 4.69) is 31.3 Å². The lowest BCUT2D eigenvalue weighted by molar-refractivity contribution is -0.123. The highest BCUT2D eigenvalue weighted by Crippen LogP contribution is 2.36. The highest BCUT2D eigenvalue weighted by atomic mass is 16.2. The molecule has 110 valence electrons. The molecule has 1 aliphatic carbocycles. The van der Waals surface area contributed by atoms with Gasteiger partial charge in [-0.25, -0.2) is 0 Å². The lowest BCUT2D eigenvalue weighted by Gasteiger charge is -2.19. The van der Waals surface area contributed by atoms with Crippen molar-refractivity contribution in [3.05, 3.63) is 35.9 Å². The predicted octanol–water partition coefficient (Wildman–Crippen LogP) is 2.64. The monoisotopic (exact) mass is 274 g/mol. The van der Waals surface area contributed by atoms with Crippen LogP contribution in [0.5, 0.6) is 0 Å². The van der Waals surface area contributed by atoms with E-state index in [4.69, 9.17) is 5.73 Å². The summed E-state index contributed by atoms with van der Waals surface area (Å²) in [7, 11) is 0. The van der Waals surface area contributed by atoms with Gasteiger partial charge in [0.25, 0.3) is 0 Å². The van der Waals surface area contributed by atoms with Crippen molar-refractivity contribution >= 4 is 5.91 Å². The van der Waals surface area contributed by atoms with Crippen molar-refractivity contribution in [2.24, 2.45) is 11.1 Å². The summed E-state index contributed by atoms with van der Waals surface area (Å²) in [5, 5.41) is 3.11. The smallest absolute Gasteiger partial charge is 0.237 e. The highest BCUT2D eigenvalue weighted by Gasteiger charge is 2.32. The Morgan fingerprint density at radius 3 is 2.70 bits per heavy atom. The topological polar surface area (TPSA) is 55.1 Å². The number of aryl methyl sites for hydroxylation is 1. The van der Waals surface area contributed by atoms with Crippen LogP contribution >= 0.6 is 0 Å². The third-order valence-electron chi connectivity index (χ3n) is 4.24. The summed E-state index contributed by atoms with van der Waals surface area (Å²) in [6.07, 6.45) is 4.86. The number of amides is 1. The van der Waals surface area contributed by atoms with E-state index in [0.29, 0.717) is 17.9 Å². The van der Waals surface area contributed by atoms with Gasteiger partial charge in [0.15, 0.2) is 0 Å². The number of rotatable bonds is 5. The third kappa shape index (κ3) is 4.34. The maximum absolute atomic E-state index is 12.1.